The van der Waals surface area contributed by atoms with E-state index >= 15 is 0 Å². The molecule has 1 aromatic carbocycles. The van der Waals surface area contributed by atoms with Gasteiger partial charge in [-0.05, 0) is 31.6 Å². The van der Waals surface area contributed by atoms with E-state index in [-0.39, 0.29) is 41.5 Å². The topological polar surface area (TPSA) is 73.8 Å². The van der Waals surface area contributed by atoms with Crippen molar-refractivity contribution >= 4 is 39.8 Å². The van der Waals surface area contributed by atoms with Gasteiger partial charge in [0, 0.05) is 26.2 Å². The molecule has 8 heteroatoms. The fourth-order valence-electron chi connectivity index (χ4n) is 2.70. The van der Waals surface area contributed by atoms with Crippen LogP contribution in [0.2, 0.25) is 0 Å². The summed E-state index contributed by atoms with van der Waals surface area (Å²) >= 11 is 0. The highest BCUT2D eigenvalue weighted by molar-refractivity contribution is 14.0. The molecule has 2 rings (SSSR count). The predicted octanol–water partition coefficient (Wildman–Crippen LogP) is 1.22. The fraction of sp³-hybridized carbons (Fsp3) is 0.562. The standard InChI is InChI=1S/C16H26N4O2S.HI/c1-17-16(19-15-8-9-23(21,22)12-15)18-10-13-6-4-5-7-14(13)11-20(2)3;/h4-7,15H,8-12H2,1-3H3,(H2,17,18,19);1H. The number of nitrogens with one attached hydrogen (secondary N) is 2. The summed E-state index contributed by atoms with van der Waals surface area (Å²) in [7, 11) is 2.91. The van der Waals surface area contributed by atoms with E-state index in [1.165, 1.54) is 11.1 Å². The minimum Gasteiger partial charge on any atom is -0.353 e. The second kappa shape index (κ2) is 9.57. The van der Waals surface area contributed by atoms with Crippen LogP contribution < -0.4 is 10.6 Å². The van der Waals surface area contributed by atoms with Gasteiger partial charge < -0.3 is 15.5 Å². The third-order valence-corrected chi connectivity index (χ3v) is 5.62. The smallest absolute Gasteiger partial charge is 0.191 e. The van der Waals surface area contributed by atoms with Gasteiger partial charge in [-0.2, -0.15) is 0 Å². The van der Waals surface area contributed by atoms with Crippen LogP contribution in [0.5, 0.6) is 0 Å². The Bertz CT molecular complexity index is 662. The van der Waals surface area contributed by atoms with Gasteiger partial charge in [0.1, 0.15) is 0 Å². The van der Waals surface area contributed by atoms with Crippen LogP contribution in [0.3, 0.4) is 0 Å². The summed E-state index contributed by atoms with van der Waals surface area (Å²) in [6.07, 6.45) is 0.639. The molecule has 1 aliphatic rings. The Labute approximate surface area is 162 Å². The summed E-state index contributed by atoms with van der Waals surface area (Å²) in [5, 5.41) is 6.48. The lowest BCUT2D eigenvalue weighted by atomic mass is 10.1. The zero-order valence-corrected chi connectivity index (χ0v) is 17.6. The van der Waals surface area contributed by atoms with Gasteiger partial charge in [0.25, 0.3) is 0 Å². The first-order valence-corrected chi connectivity index (χ1v) is 9.61. The molecule has 0 bridgehead atoms. The van der Waals surface area contributed by atoms with E-state index in [4.69, 9.17) is 0 Å². The molecule has 1 fully saturated rings. The maximum atomic E-state index is 11.5. The minimum atomic E-state index is -2.89. The molecule has 6 nitrogen and oxygen atoms in total. The molecule has 1 saturated heterocycles. The van der Waals surface area contributed by atoms with Crippen molar-refractivity contribution in [1.29, 1.82) is 0 Å². The highest BCUT2D eigenvalue weighted by Crippen LogP contribution is 2.12. The lowest BCUT2D eigenvalue weighted by molar-refractivity contribution is 0.400. The van der Waals surface area contributed by atoms with Gasteiger partial charge in [-0.3, -0.25) is 4.99 Å². The van der Waals surface area contributed by atoms with Crippen molar-refractivity contribution in [2.75, 3.05) is 32.6 Å². The van der Waals surface area contributed by atoms with Gasteiger partial charge in [-0.1, -0.05) is 24.3 Å². The van der Waals surface area contributed by atoms with E-state index in [2.05, 4.69) is 32.7 Å². The highest BCUT2D eigenvalue weighted by Gasteiger charge is 2.28. The quantitative estimate of drug-likeness (QED) is 0.388. The average molecular weight is 466 g/mol. The van der Waals surface area contributed by atoms with Gasteiger partial charge in [0.2, 0.25) is 0 Å². The summed E-state index contributed by atoms with van der Waals surface area (Å²) in [5.41, 5.74) is 2.48. The Morgan fingerprint density at radius 2 is 1.96 bits per heavy atom. The first-order chi connectivity index (χ1) is 10.9. The van der Waals surface area contributed by atoms with E-state index < -0.39 is 9.84 Å². The van der Waals surface area contributed by atoms with E-state index in [0.29, 0.717) is 18.9 Å². The van der Waals surface area contributed by atoms with Crippen molar-refractivity contribution in [3.8, 4) is 0 Å². The van der Waals surface area contributed by atoms with Crippen LogP contribution in [0, 0.1) is 0 Å². The summed E-state index contributed by atoms with van der Waals surface area (Å²) < 4.78 is 23.1. The zero-order valence-electron chi connectivity index (χ0n) is 14.4. The number of nitrogens with zero attached hydrogens (tertiary/aromatic N) is 2. The number of aliphatic imine (C=N–C) groups is 1. The van der Waals surface area contributed by atoms with Crippen LogP contribution in [-0.2, 0) is 22.9 Å². The van der Waals surface area contributed by atoms with E-state index in [1.807, 2.05) is 26.2 Å². The number of hydrogen-bond donors (Lipinski definition) is 2. The maximum Gasteiger partial charge on any atom is 0.191 e. The largest absolute Gasteiger partial charge is 0.353 e. The normalized spacial score (nSPS) is 19.8. The molecule has 0 aliphatic carbocycles. The number of benzene rings is 1. The molecular formula is C16H27IN4O2S. The van der Waals surface area contributed by atoms with Crippen LogP contribution in [0.15, 0.2) is 29.3 Å². The summed E-state index contributed by atoms with van der Waals surface area (Å²) in [6.45, 7) is 1.54. The van der Waals surface area contributed by atoms with E-state index in [9.17, 15) is 8.42 Å². The van der Waals surface area contributed by atoms with Crippen molar-refractivity contribution in [2.45, 2.75) is 25.6 Å². The minimum absolute atomic E-state index is 0. The molecule has 24 heavy (non-hydrogen) atoms. The second-order valence-corrected chi connectivity index (χ2v) is 8.41. The van der Waals surface area contributed by atoms with Crippen molar-refractivity contribution in [3.63, 3.8) is 0 Å². The summed E-state index contributed by atoms with van der Waals surface area (Å²) in [5.74, 6) is 1.09. The van der Waals surface area contributed by atoms with E-state index in [1.54, 1.807) is 7.05 Å². The van der Waals surface area contributed by atoms with Gasteiger partial charge >= 0.3 is 0 Å². The molecule has 2 N–H and O–H groups in total. The highest BCUT2D eigenvalue weighted by atomic mass is 127. The molecule has 0 spiro atoms. The number of guanidine groups is 1. The Kier molecular flexibility index (Phi) is 8.44. The van der Waals surface area contributed by atoms with Gasteiger partial charge in [0.15, 0.2) is 15.8 Å². The third-order valence-electron chi connectivity index (χ3n) is 3.85. The van der Waals surface area contributed by atoms with Crippen LogP contribution in [0.25, 0.3) is 0 Å². The third kappa shape index (κ3) is 6.56. The number of hydrogen-bond acceptors (Lipinski definition) is 4. The molecule has 136 valence electrons. The lowest BCUT2D eigenvalue weighted by Crippen LogP contribution is -2.43. The van der Waals surface area contributed by atoms with Gasteiger partial charge in [0.05, 0.1) is 11.5 Å². The lowest BCUT2D eigenvalue weighted by Gasteiger charge is -2.18. The molecular weight excluding hydrogens is 439 g/mol. The number of rotatable bonds is 5. The molecule has 1 unspecified atom stereocenters. The molecule has 0 saturated carbocycles. The van der Waals surface area contributed by atoms with E-state index in [0.717, 1.165) is 6.54 Å². The van der Waals surface area contributed by atoms with Gasteiger partial charge in [-0.15, -0.1) is 24.0 Å². The van der Waals surface area contributed by atoms with Gasteiger partial charge in [-0.25, -0.2) is 8.42 Å². The Hall–Kier alpha value is -0.870. The van der Waals surface area contributed by atoms with Crippen molar-refractivity contribution in [2.24, 2.45) is 4.99 Å². The SMILES string of the molecule is CN=C(NCc1ccccc1CN(C)C)NC1CCS(=O)(=O)C1.I. The van der Waals surface area contributed by atoms with Crippen LogP contribution in [-0.4, -0.2) is 58.0 Å². The first kappa shape index (κ1) is 21.2. The van der Waals surface area contributed by atoms with Crippen molar-refractivity contribution < 1.29 is 8.42 Å². The zero-order chi connectivity index (χ0) is 16.9. The molecule has 0 amide bonds. The number of halogens is 1. The molecule has 1 heterocycles. The molecule has 1 aliphatic heterocycles. The molecule has 0 radical (unpaired) electrons. The van der Waals surface area contributed by atoms with Crippen molar-refractivity contribution in [3.05, 3.63) is 35.4 Å². The Balaban J connectivity index is 0.00000288. The predicted molar refractivity (Wildman–Crippen MR) is 110 cm³/mol. The monoisotopic (exact) mass is 466 g/mol. The molecule has 0 aromatic heterocycles. The maximum absolute atomic E-state index is 11.5. The fourth-order valence-corrected chi connectivity index (χ4v) is 4.37. The van der Waals surface area contributed by atoms with Crippen LogP contribution in [0.1, 0.15) is 17.5 Å². The van der Waals surface area contributed by atoms with Crippen LogP contribution >= 0.6 is 24.0 Å². The Morgan fingerprint density at radius 3 is 2.50 bits per heavy atom. The van der Waals surface area contributed by atoms with Crippen molar-refractivity contribution in [1.82, 2.24) is 15.5 Å². The Morgan fingerprint density at radius 1 is 1.29 bits per heavy atom. The summed E-state index contributed by atoms with van der Waals surface area (Å²) in [4.78, 5) is 6.33. The molecule has 1 aromatic rings. The number of sulfone groups is 1. The summed E-state index contributed by atoms with van der Waals surface area (Å²) in [6, 6.07) is 8.23. The average Bonchev–Trinajstić information content (AvgIpc) is 2.83. The van der Waals surface area contributed by atoms with Crippen LogP contribution in [0.4, 0.5) is 0 Å². The second-order valence-electron chi connectivity index (χ2n) is 6.18. The molecule has 1 atom stereocenters. The first-order valence-electron chi connectivity index (χ1n) is 7.79.